The van der Waals surface area contributed by atoms with Gasteiger partial charge in [0.05, 0.1) is 12.7 Å². The maximum Gasteiger partial charge on any atom is 0.337 e. The Morgan fingerprint density at radius 2 is 2.28 bits per heavy atom. The van der Waals surface area contributed by atoms with Crippen LogP contribution in [0.25, 0.3) is 0 Å². The van der Waals surface area contributed by atoms with E-state index in [9.17, 15) is 10.0 Å². The Morgan fingerprint density at radius 3 is 2.83 bits per heavy atom. The fourth-order valence-electron chi connectivity index (χ4n) is 1.71. The molecule has 1 unspecified atom stereocenters. The van der Waals surface area contributed by atoms with Crippen molar-refractivity contribution < 1.29 is 14.7 Å². The molecule has 6 heteroatoms. The van der Waals surface area contributed by atoms with Crippen LogP contribution in [0.2, 0.25) is 0 Å². The summed E-state index contributed by atoms with van der Waals surface area (Å²) in [6.45, 7) is 1.84. The van der Waals surface area contributed by atoms with Crippen molar-refractivity contribution in [3.05, 3.63) is 46.1 Å². The summed E-state index contributed by atoms with van der Waals surface area (Å²) in [5, 5.41) is 10.6. The average Bonchev–Trinajstić information content (AvgIpc) is 2.66. The van der Waals surface area contributed by atoms with E-state index in [-0.39, 0.29) is 5.37 Å². The number of thioether (sulfide) groups is 1. The Balaban J connectivity index is 2.28. The van der Waals surface area contributed by atoms with Crippen LogP contribution < -0.4 is 5.73 Å². The van der Waals surface area contributed by atoms with Gasteiger partial charge < -0.3 is 10.5 Å². The van der Waals surface area contributed by atoms with E-state index in [1.807, 2.05) is 13.0 Å². The molecule has 0 aliphatic carbocycles. The number of hydrogen-bond acceptors (Lipinski definition) is 6. The van der Waals surface area contributed by atoms with Crippen LogP contribution in [0.4, 0.5) is 0 Å². The van der Waals surface area contributed by atoms with Crippen LogP contribution in [0, 0.1) is 0 Å². The monoisotopic (exact) mass is 266 g/mol. The predicted molar refractivity (Wildman–Crippen MR) is 68.6 cm³/mol. The highest BCUT2D eigenvalue weighted by atomic mass is 32.2. The van der Waals surface area contributed by atoms with Crippen LogP contribution >= 0.6 is 11.8 Å². The molecule has 0 aromatic heterocycles. The van der Waals surface area contributed by atoms with Crippen molar-refractivity contribution in [1.29, 1.82) is 0 Å². The molecular formula is C12H14N2O3S. The molecule has 1 aromatic rings. The normalized spacial score (nSPS) is 19.3. The Kier molecular flexibility index (Phi) is 3.49. The molecule has 96 valence electrons. The van der Waals surface area contributed by atoms with Crippen LogP contribution in [-0.4, -0.2) is 23.3 Å². The molecule has 18 heavy (non-hydrogen) atoms. The third-order valence-electron chi connectivity index (χ3n) is 2.71. The zero-order valence-corrected chi connectivity index (χ0v) is 10.9. The summed E-state index contributed by atoms with van der Waals surface area (Å²) in [5.41, 5.74) is 6.96. The van der Waals surface area contributed by atoms with Gasteiger partial charge in [0.1, 0.15) is 11.2 Å². The summed E-state index contributed by atoms with van der Waals surface area (Å²) < 4.78 is 4.67. The highest BCUT2D eigenvalue weighted by Crippen LogP contribution is 2.44. The molecule has 5 nitrogen and oxygen atoms in total. The van der Waals surface area contributed by atoms with Gasteiger partial charge in [-0.25, -0.2) is 9.86 Å². The van der Waals surface area contributed by atoms with Crippen LogP contribution in [0.15, 0.2) is 35.0 Å². The average molecular weight is 266 g/mol. The molecule has 0 amide bonds. The molecular weight excluding hydrogens is 252 g/mol. The van der Waals surface area contributed by atoms with Crippen molar-refractivity contribution in [2.45, 2.75) is 12.3 Å². The van der Waals surface area contributed by atoms with Gasteiger partial charge in [-0.2, -0.15) is 0 Å². The first-order chi connectivity index (χ1) is 8.54. The van der Waals surface area contributed by atoms with Crippen molar-refractivity contribution in [2.75, 3.05) is 7.11 Å². The molecule has 0 radical (unpaired) electrons. The minimum atomic E-state index is -0.401. The topological polar surface area (TPSA) is 75.8 Å². The lowest BCUT2D eigenvalue weighted by Crippen LogP contribution is -2.23. The number of ether oxygens (including phenoxy) is 1. The van der Waals surface area contributed by atoms with E-state index in [0.717, 1.165) is 15.5 Å². The molecule has 1 aromatic carbocycles. The van der Waals surface area contributed by atoms with Crippen LogP contribution in [0.5, 0.6) is 0 Å². The number of rotatable bonds is 2. The summed E-state index contributed by atoms with van der Waals surface area (Å²) in [7, 11) is 1.33. The van der Waals surface area contributed by atoms with E-state index in [1.54, 1.807) is 18.2 Å². The first-order valence-electron chi connectivity index (χ1n) is 5.34. The number of allylic oxidation sites excluding steroid dienone is 1. The number of nitrogens with two attached hydrogens (primary N) is 1. The van der Waals surface area contributed by atoms with Crippen LogP contribution in [-0.2, 0) is 4.74 Å². The summed E-state index contributed by atoms with van der Waals surface area (Å²) in [4.78, 5) is 12.3. The second kappa shape index (κ2) is 4.91. The van der Waals surface area contributed by atoms with E-state index in [2.05, 4.69) is 4.74 Å². The smallest absolute Gasteiger partial charge is 0.337 e. The van der Waals surface area contributed by atoms with Gasteiger partial charge in [-0.1, -0.05) is 23.9 Å². The molecule has 1 aliphatic rings. The highest BCUT2D eigenvalue weighted by molar-refractivity contribution is 8.03. The number of hydroxylamine groups is 2. The van der Waals surface area contributed by atoms with Gasteiger partial charge >= 0.3 is 5.97 Å². The van der Waals surface area contributed by atoms with Crippen molar-refractivity contribution in [3.63, 3.8) is 0 Å². The number of carbonyl (C=O) groups excluding carboxylic acids is 1. The molecule has 0 saturated heterocycles. The molecule has 0 spiro atoms. The maximum absolute atomic E-state index is 11.5. The third-order valence-corrected chi connectivity index (χ3v) is 3.97. The molecule has 2 rings (SSSR count). The van der Waals surface area contributed by atoms with Crippen LogP contribution in [0.1, 0.15) is 28.2 Å². The first kappa shape index (κ1) is 12.8. The lowest BCUT2D eigenvalue weighted by atomic mass is 10.1. The molecule has 0 saturated carbocycles. The molecule has 1 aliphatic heterocycles. The molecule has 1 atom stereocenters. The Hall–Kier alpha value is -1.66. The van der Waals surface area contributed by atoms with Crippen LogP contribution in [0.3, 0.4) is 0 Å². The van der Waals surface area contributed by atoms with Gasteiger partial charge in [-0.3, -0.25) is 5.21 Å². The zero-order valence-electron chi connectivity index (χ0n) is 10.1. The predicted octanol–water partition coefficient (Wildman–Crippen LogP) is 2.06. The first-order valence-corrected chi connectivity index (χ1v) is 6.22. The number of methoxy groups -OCH3 is 1. The van der Waals surface area contributed by atoms with Crippen molar-refractivity contribution in [3.8, 4) is 0 Å². The van der Waals surface area contributed by atoms with Gasteiger partial charge in [0.2, 0.25) is 0 Å². The van der Waals surface area contributed by atoms with E-state index in [0.29, 0.717) is 11.4 Å². The standard InChI is InChI=1S/C12H14N2O3S/c1-7-10(13)14(16)11(18-7)8-4-3-5-9(6-8)12(15)17-2/h3-6,11,16H,13H2,1-2H3. The van der Waals surface area contributed by atoms with E-state index in [4.69, 9.17) is 5.73 Å². The number of carbonyl (C=O) groups is 1. The van der Waals surface area contributed by atoms with Gasteiger partial charge in [-0.05, 0) is 24.6 Å². The molecule has 3 N–H and O–H groups in total. The Morgan fingerprint density at radius 1 is 1.56 bits per heavy atom. The largest absolute Gasteiger partial charge is 0.465 e. The minimum absolute atomic E-state index is 0.324. The number of hydrogen-bond donors (Lipinski definition) is 2. The second-order valence-corrected chi connectivity index (χ2v) is 5.17. The number of nitrogens with zero attached hydrogens (tertiary/aromatic N) is 1. The van der Waals surface area contributed by atoms with Crippen molar-refractivity contribution in [1.82, 2.24) is 5.06 Å². The molecule has 0 bridgehead atoms. The summed E-state index contributed by atoms with van der Waals surface area (Å²) in [5.74, 6) is -0.0598. The summed E-state index contributed by atoms with van der Waals surface area (Å²) in [6, 6.07) is 6.94. The van der Waals surface area contributed by atoms with Gasteiger partial charge in [0.15, 0.2) is 0 Å². The summed E-state index contributed by atoms with van der Waals surface area (Å²) in [6.07, 6.45) is 0. The fourth-order valence-corrected chi connectivity index (χ4v) is 2.76. The molecule has 1 heterocycles. The van der Waals surface area contributed by atoms with Gasteiger partial charge in [-0.15, -0.1) is 0 Å². The highest BCUT2D eigenvalue weighted by Gasteiger charge is 2.29. The zero-order chi connectivity index (χ0) is 13.3. The Labute approximate surface area is 109 Å². The van der Waals surface area contributed by atoms with Crippen molar-refractivity contribution in [2.24, 2.45) is 5.73 Å². The van der Waals surface area contributed by atoms with E-state index >= 15 is 0 Å². The quantitative estimate of drug-likeness (QED) is 0.798. The number of benzene rings is 1. The molecule has 0 fully saturated rings. The second-order valence-electron chi connectivity index (χ2n) is 3.87. The van der Waals surface area contributed by atoms with Crippen molar-refractivity contribution >= 4 is 17.7 Å². The summed E-state index contributed by atoms with van der Waals surface area (Å²) >= 11 is 1.44. The fraction of sp³-hybridized carbons (Fsp3) is 0.250. The SMILES string of the molecule is COC(=O)c1cccc(C2SC(C)=C(N)N2O)c1. The van der Waals surface area contributed by atoms with Gasteiger partial charge in [0.25, 0.3) is 0 Å². The lowest BCUT2D eigenvalue weighted by molar-refractivity contribution is -0.0654. The third kappa shape index (κ3) is 2.16. The van der Waals surface area contributed by atoms with Gasteiger partial charge in [0, 0.05) is 4.91 Å². The minimum Gasteiger partial charge on any atom is -0.465 e. The van der Waals surface area contributed by atoms with E-state index < -0.39 is 5.97 Å². The Bertz CT molecular complexity index is 516. The number of esters is 1. The maximum atomic E-state index is 11.5. The van der Waals surface area contributed by atoms with E-state index in [1.165, 1.54) is 18.9 Å². The lowest BCUT2D eigenvalue weighted by Gasteiger charge is -2.20.